The number of halogens is 4. The van der Waals surface area contributed by atoms with Gasteiger partial charge in [0.2, 0.25) is 11.6 Å². The van der Waals surface area contributed by atoms with Crippen LogP contribution in [0.15, 0.2) is 30.3 Å². The number of rotatable bonds is 4. The van der Waals surface area contributed by atoms with Gasteiger partial charge in [-0.15, -0.1) is 0 Å². The lowest BCUT2D eigenvalue weighted by molar-refractivity contribution is -0.387. The molecule has 0 spiro atoms. The van der Waals surface area contributed by atoms with E-state index in [1.165, 1.54) is 18.2 Å². The Bertz CT molecular complexity index is 796. The average molecular weight is 328 g/mol. The lowest BCUT2D eigenvalue weighted by Gasteiger charge is -2.08. The van der Waals surface area contributed by atoms with Gasteiger partial charge in [-0.1, -0.05) is 18.2 Å². The number of hydrogen-bond donors (Lipinski definition) is 1. The number of nitro benzene ring substituents is 1. The molecule has 23 heavy (non-hydrogen) atoms. The van der Waals surface area contributed by atoms with Crippen molar-refractivity contribution < 1.29 is 27.3 Å². The van der Waals surface area contributed by atoms with Crippen molar-refractivity contribution in [3.8, 4) is 0 Å². The minimum Gasteiger partial charge on any atom is -0.348 e. The Hall–Kier alpha value is -2.97. The molecule has 1 amide bonds. The number of hydrogen-bond acceptors (Lipinski definition) is 3. The molecule has 0 aliphatic carbocycles. The van der Waals surface area contributed by atoms with Crippen LogP contribution in [0.2, 0.25) is 0 Å². The van der Waals surface area contributed by atoms with Crippen molar-refractivity contribution in [2.75, 3.05) is 0 Å². The molecule has 2 aromatic rings. The van der Waals surface area contributed by atoms with Gasteiger partial charge < -0.3 is 5.32 Å². The molecule has 2 aromatic carbocycles. The van der Waals surface area contributed by atoms with Gasteiger partial charge in [0.1, 0.15) is 5.82 Å². The normalized spacial score (nSPS) is 10.4. The fourth-order valence-electron chi connectivity index (χ4n) is 1.80. The largest absolute Gasteiger partial charge is 0.348 e. The first kappa shape index (κ1) is 16.4. The Kier molecular flexibility index (Phi) is 4.58. The van der Waals surface area contributed by atoms with Crippen LogP contribution < -0.4 is 5.32 Å². The van der Waals surface area contributed by atoms with Gasteiger partial charge in [0.15, 0.2) is 5.82 Å². The van der Waals surface area contributed by atoms with Crippen LogP contribution in [0.25, 0.3) is 0 Å². The molecule has 0 aromatic heterocycles. The van der Waals surface area contributed by atoms with E-state index in [0.29, 0.717) is 0 Å². The highest BCUT2D eigenvalue weighted by molar-refractivity contribution is 5.95. The maximum atomic E-state index is 13.6. The van der Waals surface area contributed by atoms with Crippen LogP contribution in [0.4, 0.5) is 23.2 Å². The van der Waals surface area contributed by atoms with Crippen molar-refractivity contribution >= 4 is 11.6 Å². The third kappa shape index (κ3) is 3.28. The Morgan fingerprint density at radius 1 is 1.09 bits per heavy atom. The summed E-state index contributed by atoms with van der Waals surface area (Å²) in [4.78, 5) is 21.1. The van der Waals surface area contributed by atoms with Gasteiger partial charge in [-0.3, -0.25) is 14.9 Å². The second-order valence-corrected chi connectivity index (χ2v) is 4.42. The number of carbonyl (C=O) groups excluding carboxylic acids is 1. The van der Waals surface area contributed by atoms with Crippen LogP contribution in [0.5, 0.6) is 0 Å². The Morgan fingerprint density at radius 2 is 1.74 bits per heavy atom. The molecule has 0 saturated carbocycles. The molecule has 5 nitrogen and oxygen atoms in total. The van der Waals surface area contributed by atoms with Crippen molar-refractivity contribution in [1.29, 1.82) is 0 Å². The second kappa shape index (κ2) is 6.42. The molecule has 1 N–H and O–H groups in total. The zero-order valence-corrected chi connectivity index (χ0v) is 11.3. The van der Waals surface area contributed by atoms with Crippen LogP contribution in [0.3, 0.4) is 0 Å². The minimum atomic E-state index is -2.13. The lowest BCUT2D eigenvalue weighted by Crippen LogP contribution is -2.25. The molecule has 0 unspecified atom stereocenters. The third-order valence-electron chi connectivity index (χ3n) is 2.97. The molecule has 120 valence electrons. The van der Waals surface area contributed by atoms with Gasteiger partial charge in [-0.2, -0.15) is 4.39 Å². The number of nitro groups is 1. The third-order valence-corrected chi connectivity index (χ3v) is 2.97. The molecular formula is C14H8F4N2O3. The Morgan fingerprint density at radius 3 is 2.35 bits per heavy atom. The molecule has 0 heterocycles. The van der Waals surface area contributed by atoms with Gasteiger partial charge in [-0.05, 0) is 6.07 Å². The van der Waals surface area contributed by atoms with E-state index in [1.54, 1.807) is 0 Å². The van der Waals surface area contributed by atoms with Crippen LogP contribution in [-0.2, 0) is 6.54 Å². The van der Waals surface area contributed by atoms with Gasteiger partial charge in [0, 0.05) is 18.2 Å². The second-order valence-electron chi connectivity index (χ2n) is 4.42. The standard InChI is InChI=1S/C14H8F4N2O3/c15-9-4-2-1-3-7(9)6-19-14(21)8-5-10(20(22)23)12(17)13(18)11(8)16/h1-5H,6H2,(H,19,21). The first-order valence-electron chi connectivity index (χ1n) is 6.16. The van der Waals surface area contributed by atoms with Crippen molar-refractivity contribution in [2.24, 2.45) is 0 Å². The highest BCUT2D eigenvalue weighted by Crippen LogP contribution is 2.25. The number of benzene rings is 2. The Balaban J connectivity index is 2.29. The number of amides is 1. The summed E-state index contributed by atoms with van der Waals surface area (Å²) >= 11 is 0. The minimum absolute atomic E-state index is 0.0679. The monoisotopic (exact) mass is 328 g/mol. The van der Waals surface area contributed by atoms with Crippen LogP contribution in [0.1, 0.15) is 15.9 Å². The summed E-state index contributed by atoms with van der Waals surface area (Å²) in [5, 5.41) is 12.7. The molecule has 9 heteroatoms. The van der Waals surface area contributed by atoms with E-state index in [2.05, 4.69) is 5.32 Å². The van der Waals surface area contributed by atoms with Crippen LogP contribution in [-0.4, -0.2) is 10.8 Å². The molecule has 0 aliphatic heterocycles. The zero-order valence-electron chi connectivity index (χ0n) is 11.3. The fraction of sp³-hybridized carbons (Fsp3) is 0.0714. The van der Waals surface area contributed by atoms with E-state index in [1.807, 2.05) is 0 Å². The average Bonchev–Trinajstić information content (AvgIpc) is 2.51. The SMILES string of the molecule is O=C(NCc1ccccc1F)c1cc([N+](=O)[O-])c(F)c(F)c1F. The van der Waals surface area contributed by atoms with E-state index in [-0.39, 0.29) is 18.2 Å². The highest BCUT2D eigenvalue weighted by Gasteiger charge is 2.28. The first-order valence-corrected chi connectivity index (χ1v) is 6.16. The summed E-state index contributed by atoms with van der Waals surface area (Å²) in [6.45, 7) is -0.363. The molecular weight excluding hydrogens is 320 g/mol. The summed E-state index contributed by atoms with van der Waals surface area (Å²) in [5.74, 6) is -7.87. The molecule has 0 aliphatic rings. The predicted molar refractivity (Wildman–Crippen MR) is 70.5 cm³/mol. The summed E-state index contributed by atoms with van der Waals surface area (Å²) in [6.07, 6.45) is 0. The van der Waals surface area contributed by atoms with E-state index in [4.69, 9.17) is 0 Å². The highest BCUT2D eigenvalue weighted by atomic mass is 19.2. The zero-order chi connectivity index (χ0) is 17.1. The molecule has 0 bridgehead atoms. The first-order chi connectivity index (χ1) is 10.8. The van der Waals surface area contributed by atoms with Crippen LogP contribution >= 0.6 is 0 Å². The molecule has 0 saturated heterocycles. The molecule has 2 rings (SSSR count). The summed E-state index contributed by atoms with van der Waals surface area (Å²) in [5.41, 5.74) is -2.36. The van der Waals surface area contributed by atoms with Gasteiger partial charge >= 0.3 is 5.69 Å². The fourth-order valence-corrected chi connectivity index (χ4v) is 1.80. The topological polar surface area (TPSA) is 72.2 Å². The molecule has 0 radical (unpaired) electrons. The van der Waals surface area contributed by atoms with Crippen molar-refractivity contribution in [3.63, 3.8) is 0 Å². The lowest BCUT2D eigenvalue weighted by atomic mass is 10.1. The number of nitrogens with one attached hydrogen (secondary N) is 1. The summed E-state index contributed by atoms with van der Waals surface area (Å²) in [7, 11) is 0. The predicted octanol–water partition coefficient (Wildman–Crippen LogP) is 3.08. The van der Waals surface area contributed by atoms with E-state index >= 15 is 0 Å². The van der Waals surface area contributed by atoms with E-state index < -0.39 is 45.4 Å². The number of nitrogens with zero attached hydrogens (tertiary/aromatic N) is 1. The van der Waals surface area contributed by atoms with E-state index in [0.717, 1.165) is 6.07 Å². The Labute approximate surface area is 126 Å². The van der Waals surface area contributed by atoms with E-state index in [9.17, 15) is 32.5 Å². The van der Waals surface area contributed by atoms with Gasteiger partial charge in [0.25, 0.3) is 5.91 Å². The molecule has 0 atom stereocenters. The smallest absolute Gasteiger partial charge is 0.308 e. The maximum Gasteiger partial charge on any atom is 0.308 e. The quantitative estimate of drug-likeness (QED) is 0.406. The van der Waals surface area contributed by atoms with Gasteiger partial charge in [-0.25, -0.2) is 13.2 Å². The van der Waals surface area contributed by atoms with Gasteiger partial charge in [0.05, 0.1) is 10.5 Å². The number of carbonyl (C=O) groups is 1. The summed E-state index contributed by atoms with van der Waals surface area (Å²) in [6, 6.07) is 5.67. The molecule has 0 fully saturated rings. The maximum absolute atomic E-state index is 13.6. The summed E-state index contributed by atoms with van der Waals surface area (Å²) < 4.78 is 53.5. The van der Waals surface area contributed by atoms with Crippen molar-refractivity contribution in [2.45, 2.75) is 6.54 Å². The van der Waals surface area contributed by atoms with Crippen molar-refractivity contribution in [1.82, 2.24) is 5.32 Å². The van der Waals surface area contributed by atoms with Crippen molar-refractivity contribution in [3.05, 3.63) is 74.8 Å². The van der Waals surface area contributed by atoms with Crippen LogP contribution in [0, 0.1) is 33.4 Å².